The molecule has 0 atom stereocenters. The molecule has 0 saturated heterocycles. The van der Waals surface area contributed by atoms with Gasteiger partial charge in [-0.3, -0.25) is 0 Å². The van der Waals surface area contributed by atoms with Crippen LogP contribution < -0.4 is 14.4 Å². The molecule has 0 amide bonds. The predicted octanol–water partition coefficient (Wildman–Crippen LogP) is 4.90. The van der Waals surface area contributed by atoms with E-state index in [4.69, 9.17) is 14.5 Å². The van der Waals surface area contributed by atoms with Gasteiger partial charge < -0.3 is 14.4 Å². The van der Waals surface area contributed by atoms with Crippen molar-refractivity contribution in [2.45, 2.75) is 6.92 Å². The van der Waals surface area contributed by atoms with E-state index in [1.54, 1.807) is 25.6 Å². The topological polar surface area (TPSA) is 34.6 Å². The second-order valence-corrected chi connectivity index (χ2v) is 6.31. The van der Waals surface area contributed by atoms with Crippen molar-refractivity contribution >= 4 is 22.2 Å². The first kappa shape index (κ1) is 16.3. The Morgan fingerprint density at radius 3 is 2.42 bits per heavy atom. The summed E-state index contributed by atoms with van der Waals surface area (Å²) in [6.45, 7) is 2.08. The molecular formula is C19H20N2O2S. The Morgan fingerprint density at radius 2 is 1.75 bits per heavy atom. The van der Waals surface area contributed by atoms with E-state index in [0.717, 1.165) is 33.6 Å². The second kappa shape index (κ2) is 6.93. The van der Waals surface area contributed by atoms with Crippen LogP contribution in [0.15, 0.2) is 47.8 Å². The molecule has 0 spiro atoms. The summed E-state index contributed by atoms with van der Waals surface area (Å²) in [4.78, 5) is 6.79. The average molecular weight is 340 g/mol. The summed E-state index contributed by atoms with van der Waals surface area (Å²) in [7, 11) is 5.29. The number of aryl methyl sites for hydroxylation is 1. The maximum Gasteiger partial charge on any atom is 0.190 e. The molecule has 1 aromatic heterocycles. The molecule has 1 heterocycles. The molecule has 24 heavy (non-hydrogen) atoms. The zero-order chi connectivity index (χ0) is 17.1. The van der Waals surface area contributed by atoms with Gasteiger partial charge in [0.25, 0.3) is 0 Å². The van der Waals surface area contributed by atoms with Crippen LogP contribution in [0.4, 0.5) is 10.8 Å². The zero-order valence-electron chi connectivity index (χ0n) is 14.2. The van der Waals surface area contributed by atoms with Gasteiger partial charge in [0.2, 0.25) is 0 Å². The number of methoxy groups -OCH3 is 2. The fourth-order valence-corrected chi connectivity index (χ4v) is 3.25. The molecule has 0 aliphatic rings. The van der Waals surface area contributed by atoms with Gasteiger partial charge in [0.15, 0.2) is 5.13 Å². The summed E-state index contributed by atoms with van der Waals surface area (Å²) in [6, 6.07) is 14.2. The van der Waals surface area contributed by atoms with Gasteiger partial charge in [-0.1, -0.05) is 29.8 Å². The number of hydrogen-bond donors (Lipinski definition) is 0. The molecule has 0 aliphatic heterocycles. The molecule has 5 heteroatoms. The highest BCUT2D eigenvalue weighted by molar-refractivity contribution is 7.14. The molecule has 3 aromatic rings. The molecule has 0 N–H and O–H groups in total. The van der Waals surface area contributed by atoms with Crippen LogP contribution in [0.5, 0.6) is 11.5 Å². The number of nitrogens with zero attached hydrogens (tertiary/aromatic N) is 2. The fraction of sp³-hybridized carbons (Fsp3) is 0.211. The van der Waals surface area contributed by atoms with Crippen LogP contribution in [0.25, 0.3) is 11.3 Å². The standard InChI is InChI=1S/C19H20N2O2S/c1-13-5-7-14(8-6-13)16-12-24-19(20-16)21(2)17-10-9-15(22-3)11-18(17)23-4/h5-12H,1-4H3. The maximum atomic E-state index is 5.49. The molecular weight excluding hydrogens is 320 g/mol. The molecule has 0 saturated carbocycles. The Labute approximate surface area is 146 Å². The lowest BCUT2D eigenvalue weighted by Crippen LogP contribution is -2.10. The number of thiazole rings is 1. The number of aromatic nitrogens is 1. The molecule has 124 valence electrons. The van der Waals surface area contributed by atoms with Crippen molar-refractivity contribution in [1.82, 2.24) is 4.98 Å². The number of rotatable bonds is 5. The lowest BCUT2D eigenvalue weighted by atomic mass is 10.1. The number of ether oxygens (including phenoxy) is 2. The smallest absolute Gasteiger partial charge is 0.190 e. The van der Waals surface area contributed by atoms with Gasteiger partial charge in [-0.2, -0.15) is 0 Å². The summed E-state index contributed by atoms with van der Waals surface area (Å²) in [6.07, 6.45) is 0. The summed E-state index contributed by atoms with van der Waals surface area (Å²) in [5, 5.41) is 2.99. The lowest BCUT2D eigenvalue weighted by Gasteiger charge is -2.19. The van der Waals surface area contributed by atoms with Gasteiger partial charge in [0.05, 0.1) is 25.6 Å². The average Bonchev–Trinajstić information content (AvgIpc) is 3.11. The van der Waals surface area contributed by atoms with Gasteiger partial charge in [0.1, 0.15) is 11.5 Å². The van der Waals surface area contributed by atoms with E-state index in [2.05, 4.69) is 36.6 Å². The van der Waals surface area contributed by atoms with Gasteiger partial charge in [-0.15, -0.1) is 11.3 Å². The van der Waals surface area contributed by atoms with Gasteiger partial charge in [0, 0.05) is 24.1 Å². The third-order valence-corrected chi connectivity index (χ3v) is 4.79. The monoisotopic (exact) mass is 340 g/mol. The zero-order valence-corrected chi connectivity index (χ0v) is 15.1. The molecule has 3 rings (SSSR count). The summed E-state index contributed by atoms with van der Waals surface area (Å²) < 4.78 is 10.7. The Bertz CT molecular complexity index is 828. The van der Waals surface area contributed by atoms with E-state index in [-0.39, 0.29) is 0 Å². The summed E-state index contributed by atoms with van der Waals surface area (Å²) in [5.74, 6) is 1.52. The Balaban J connectivity index is 1.91. The summed E-state index contributed by atoms with van der Waals surface area (Å²) in [5.41, 5.74) is 4.30. The highest BCUT2D eigenvalue weighted by atomic mass is 32.1. The van der Waals surface area contributed by atoms with E-state index in [9.17, 15) is 0 Å². The minimum Gasteiger partial charge on any atom is -0.497 e. The Morgan fingerprint density at radius 1 is 1.00 bits per heavy atom. The molecule has 0 fully saturated rings. The van der Waals surface area contributed by atoms with Gasteiger partial charge >= 0.3 is 0 Å². The predicted molar refractivity (Wildman–Crippen MR) is 99.9 cm³/mol. The third kappa shape index (κ3) is 3.21. The quantitative estimate of drug-likeness (QED) is 0.661. The van der Waals surface area contributed by atoms with Crippen molar-refractivity contribution in [3.05, 3.63) is 53.4 Å². The SMILES string of the molecule is COc1ccc(N(C)c2nc(-c3ccc(C)cc3)cs2)c(OC)c1. The Hall–Kier alpha value is -2.53. The molecule has 4 nitrogen and oxygen atoms in total. The van der Waals surface area contributed by atoms with Crippen molar-refractivity contribution < 1.29 is 9.47 Å². The van der Waals surface area contributed by atoms with Gasteiger partial charge in [-0.25, -0.2) is 4.98 Å². The molecule has 2 aromatic carbocycles. The van der Waals surface area contributed by atoms with Crippen LogP contribution in [0.1, 0.15) is 5.56 Å². The van der Waals surface area contributed by atoms with Crippen molar-refractivity contribution in [2.75, 3.05) is 26.2 Å². The van der Waals surface area contributed by atoms with E-state index < -0.39 is 0 Å². The van der Waals surface area contributed by atoms with Crippen LogP contribution >= 0.6 is 11.3 Å². The van der Waals surface area contributed by atoms with Crippen LogP contribution in [0, 0.1) is 6.92 Å². The molecule has 0 radical (unpaired) electrons. The first-order valence-electron chi connectivity index (χ1n) is 7.60. The highest BCUT2D eigenvalue weighted by Gasteiger charge is 2.15. The molecule has 0 aliphatic carbocycles. The van der Waals surface area contributed by atoms with E-state index in [1.165, 1.54) is 5.56 Å². The minimum absolute atomic E-state index is 0.754. The van der Waals surface area contributed by atoms with Gasteiger partial charge in [-0.05, 0) is 19.1 Å². The van der Waals surface area contributed by atoms with E-state index in [0.29, 0.717) is 0 Å². The van der Waals surface area contributed by atoms with E-state index in [1.807, 2.05) is 30.1 Å². The first-order valence-corrected chi connectivity index (χ1v) is 8.48. The largest absolute Gasteiger partial charge is 0.497 e. The fourth-order valence-electron chi connectivity index (χ4n) is 2.44. The maximum absolute atomic E-state index is 5.49. The lowest BCUT2D eigenvalue weighted by molar-refractivity contribution is 0.395. The van der Waals surface area contributed by atoms with Crippen molar-refractivity contribution in [3.63, 3.8) is 0 Å². The normalized spacial score (nSPS) is 10.5. The van der Waals surface area contributed by atoms with E-state index >= 15 is 0 Å². The van der Waals surface area contributed by atoms with Crippen molar-refractivity contribution in [2.24, 2.45) is 0 Å². The van der Waals surface area contributed by atoms with Crippen molar-refractivity contribution in [3.8, 4) is 22.8 Å². The number of anilines is 2. The second-order valence-electron chi connectivity index (χ2n) is 5.48. The van der Waals surface area contributed by atoms with Crippen LogP contribution in [-0.4, -0.2) is 26.3 Å². The van der Waals surface area contributed by atoms with Crippen LogP contribution in [-0.2, 0) is 0 Å². The summed E-state index contributed by atoms with van der Waals surface area (Å²) >= 11 is 1.61. The molecule has 0 bridgehead atoms. The Kier molecular flexibility index (Phi) is 4.71. The van der Waals surface area contributed by atoms with Crippen LogP contribution in [0.2, 0.25) is 0 Å². The number of hydrogen-bond acceptors (Lipinski definition) is 5. The van der Waals surface area contributed by atoms with Crippen molar-refractivity contribution in [1.29, 1.82) is 0 Å². The minimum atomic E-state index is 0.754. The van der Waals surface area contributed by atoms with Crippen LogP contribution in [0.3, 0.4) is 0 Å². The highest BCUT2D eigenvalue weighted by Crippen LogP contribution is 2.37. The number of benzene rings is 2. The molecule has 0 unspecified atom stereocenters. The third-order valence-electron chi connectivity index (χ3n) is 3.87. The first-order chi connectivity index (χ1) is 11.6.